The largest absolute Gasteiger partial charge is 0.476 e. The van der Waals surface area contributed by atoms with Gasteiger partial charge in [0, 0.05) is 0 Å². The Morgan fingerprint density at radius 1 is 1.62 bits per heavy atom. The minimum atomic E-state index is -1.12. The first kappa shape index (κ1) is 11.4. The van der Waals surface area contributed by atoms with Crippen LogP contribution in [0.3, 0.4) is 0 Å². The fourth-order valence-corrected chi connectivity index (χ4v) is 3.42. The topological polar surface area (TPSA) is 76.2 Å². The van der Waals surface area contributed by atoms with Crippen molar-refractivity contribution in [2.45, 2.75) is 6.92 Å². The number of carboxylic acid groups (broad SMARTS) is 1. The van der Waals surface area contributed by atoms with E-state index >= 15 is 0 Å². The summed E-state index contributed by atoms with van der Waals surface area (Å²) in [5.41, 5.74) is 6.42. The van der Waals surface area contributed by atoms with Crippen molar-refractivity contribution < 1.29 is 9.90 Å². The molecule has 2 rings (SSSR count). The van der Waals surface area contributed by atoms with Gasteiger partial charge < -0.3 is 10.8 Å². The van der Waals surface area contributed by atoms with E-state index in [2.05, 4.69) is 4.98 Å². The Bertz CT molecular complexity index is 562. The second kappa shape index (κ2) is 4.04. The zero-order valence-electron chi connectivity index (χ0n) is 8.15. The van der Waals surface area contributed by atoms with Crippen LogP contribution in [0.15, 0.2) is 5.38 Å². The molecule has 3 N–H and O–H groups in total. The van der Waals surface area contributed by atoms with Gasteiger partial charge >= 0.3 is 5.97 Å². The van der Waals surface area contributed by atoms with Crippen LogP contribution in [-0.2, 0) is 0 Å². The lowest BCUT2D eigenvalue weighted by molar-refractivity contribution is 0.0692. The molecule has 0 atom stereocenters. The molecule has 0 unspecified atom stereocenters. The van der Waals surface area contributed by atoms with Gasteiger partial charge in [0.2, 0.25) is 0 Å². The zero-order chi connectivity index (χ0) is 11.9. The molecular weight excluding hydrogens is 268 g/mol. The van der Waals surface area contributed by atoms with Crippen molar-refractivity contribution in [1.82, 2.24) is 4.98 Å². The lowest BCUT2D eigenvalue weighted by Gasteiger charge is -1.91. The van der Waals surface area contributed by atoms with Crippen LogP contribution in [0.2, 0.25) is 5.02 Å². The fourth-order valence-electron chi connectivity index (χ4n) is 1.16. The highest BCUT2D eigenvalue weighted by Crippen LogP contribution is 2.40. The Morgan fingerprint density at radius 2 is 2.31 bits per heavy atom. The number of anilines is 1. The molecule has 0 saturated heterocycles. The van der Waals surface area contributed by atoms with Gasteiger partial charge in [-0.15, -0.1) is 11.3 Å². The molecule has 4 nitrogen and oxygen atoms in total. The zero-order valence-corrected chi connectivity index (χ0v) is 10.5. The van der Waals surface area contributed by atoms with Gasteiger partial charge in [0.15, 0.2) is 5.69 Å². The van der Waals surface area contributed by atoms with E-state index < -0.39 is 5.97 Å². The summed E-state index contributed by atoms with van der Waals surface area (Å²) in [5, 5.41) is 12.1. The Hall–Kier alpha value is -1.11. The van der Waals surface area contributed by atoms with Crippen LogP contribution in [0.25, 0.3) is 9.88 Å². The van der Waals surface area contributed by atoms with Crippen molar-refractivity contribution in [3.05, 3.63) is 21.7 Å². The Labute approximate surface area is 104 Å². The Kier molecular flexibility index (Phi) is 2.88. The van der Waals surface area contributed by atoms with Crippen molar-refractivity contribution in [1.29, 1.82) is 0 Å². The van der Waals surface area contributed by atoms with Gasteiger partial charge in [-0.05, 0) is 17.9 Å². The summed E-state index contributed by atoms with van der Waals surface area (Å²) in [7, 11) is 0. The maximum absolute atomic E-state index is 10.8. The number of carbonyl (C=O) groups is 1. The summed E-state index contributed by atoms with van der Waals surface area (Å²) in [6.07, 6.45) is 0. The van der Waals surface area contributed by atoms with Gasteiger partial charge in [0.25, 0.3) is 0 Å². The monoisotopic (exact) mass is 274 g/mol. The lowest BCUT2D eigenvalue weighted by Crippen LogP contribution is -2.00. The van der Waals surface area contributed by atoms with Crippen LogP contribution in [0.5, 0.6) is 0 Å². The molecule has 0 aromatic carbocycles. The number of nitrogens with zero attached hydrogens (tertiary/aromatic N) is 1. The van der Waals surface area contributed by atoms with Gasteiger partial charge in [0.1, 0.15) is 10.0 Å². The summed E-state index contributed by atoms with van der Waals surface area (Å²) < 4.78 is 0. The van der Waals surface area contributed by atoms with Crippen LogP contribution >= 0.6 is 34.3 Å². The van der Waals surface area contributed by atoms with Crippen molar-refractivity contribution >= 4 is 45.2 Å². The molecule has 0 aliphatic carbocycles. The molecule has 0 fully saturated rings. The second-order valence-corrected chi connectivity index (χ2v) is 5.39. The molecule has 2 aromatic heterocycles. The molecule has 0 saturated carbocycles. The molecule has 0 aliphatic rings. The summed E-state index contributed by atoms with van der Waals surface area (Å²) in [6, 6.07) is 0. The number of nitrogens with two attached hydrogens (primary N) is 1. The van der Waals surface area contributed by atoms with E-state index in [1.54, 1.807) is 0 Å². The molecule has 0 spiro atoms. The van der Waals surface area contributed by atoms with Gasteiger partial charge in [-0.2, -0.15) is 0 Å². The van der Waals surface area contributed by atoms with Gasteiger partial charge in [-0.25, -0.2) is 9.78 Å². The summed E-state index contributed by atoms with van der Waals surface area (Å²) in [5.74, 6) is -1.12. The van der Waals surface area contributed by atoms with E-state index in [0.717, 1.165) is 21.8 Å². The van der Waals surface area contributed by atoms with Crippen molar-refractivity contribution in [3.63, 3.8) is 0 Å². The highest BCUT2D eigenvalue weighted by atomic mass is 35.5. The average Bonchev–Trinajstić information content (AvgIpc) is 2.73. The SMILES string of the molecule is Cc1csc(-c2nc(C(=O)O)c(N)s2)c1Cl. The van der Waals surface area contributed by atoms with E-state index in [9.17, 15) is 4.79 Å². The smallest absolute Gasteiger partial charge is 0.357 e. The predicted octanol–water partition coefficient (Wildman–Crippen LogP) is 3.11. The first-order chi connectivity index (χ1) is 7.50. The molecule has 2 aromatic rings. The average molecular weight is 275 g/mol. The first-order valence-electron chi connectivity index (χ1n) is 4.24. The molecule has 84 valence electrons. The molecule has 7 heteroatoms. The van der Waals surface area contributed by atoms with Crippen molar-refractivity contribution in [2.24, 2.45) is 0 Å². The summed E-state index contributed by atoms with van der Waals surface area (Å²) in [4.78, 5) is 15.5. The standard InChI is InChI=1S/C9H7ClN2O2S2/c1-3-2-15-6(4(3)10)8-12-5(9(13)14)7(11)16-8/h2H,11H2,1H3,(H,13,14). The van der Waals surface area contributed by atoms with E-state index in [4.69, 9.17) is 22.4 Å². The molecular formula is C9H7ClN2O2S2. The molecule has 16 heavy (non-hydrogen) atoms. The number of hydrogen-bond donors (Lipinski definition) is 2. The van der Waals surface area contributed by atoms with Gasteiger partial charge in [0.05, 0.1) is 9.90 Å². The van der Waals surface area contributed by atoms with Crippen LogP contribution in [0.4, 0.5) is 5.00 Å². The Morgan fingerprint density at radius 3 is 2.75 bits per heavy atom. The summed E-state index contributed by atoms with van der Waals surface area (Å²) >= 11 is 8.64. The second-order valence-electron chi connectivity index (χ2n) is 3.10. The Balaban J connectivity index is 2.53. The van der Waals surface area contributed by atoms with Gasteiger partial charge in [-0.1, -0.05) is 22.9 Å². The van der Waals surface area contributed by atoms with E-state index in [-0.39, 0.29) is 10.7 Å². The third-order valence-electron chi connectivity index (χ3n) is 1.95. The van der Waals surface area contributed by atoms with Crippen LogP contribution in [0, 0.1) is 6.92 Å². The number of aromatic nitrogens is 1. The number of hydrogen-bond acceptors (Lipinski definition) is 5. The van der Waals surface area contributed by atoms with E-state index in [1.807, 2.05) is 12.3 Å². The third kappa shape index (κ3) is 1.79. The summed E-state index contributed by atoms with van der Waals surface area (Å²) in [6.45, 7) is 1.89. The number of rotatable bonds is 2. The number of carboxylic acids is 1. The number of aromatic carboxylic acids is 1. The van der Waals surface area contributed by atoms with Crippen LogP contribution in [-0.4, -0.2) is 16.1 Å². The molecule has 0 amide bonds. The molecule has 0 aliphatic heterocycles. The van der Waals surface area contributed by atoms with Crippen LogP contribution in [0.1, 0.15) is 16.1 Å². The normalized spacial score (nSPS) is 10.6. The van der Waals surface area contributed by atoms with Crippen molar-refractivity contribution in [2.75, 3.05) is 5.73 Å². The fraction of sp³-hybridized carbons (Fsp3) is 0.111. The lowest BCUT2D eigenvalue weighted by atomic mass is 10.3. The minimum absolute atomic E-state index is 0.109. The maximum atomic E-state index is 10.8. The van der Waals surface area contributed by atoms with E-state index in [1.165, 1.54) is 11.3 Å². The maximum Gasteiger partial charge on any atom is 0.357 e. The molecule has 0 radical (unpaired) electrons. The quantitative estimate of drug-likeness (QED) is 0.882. The number of aryl methyl sites for hydroxylation is 1. The number of thiazole rings is 1. The van der Waals surface area contributed by atoms with E-state index in [0.29, 0.717) is 10.0 Å². The third-order valence-corrected chi connectivity index (χ3v) is 4.68. The van der Waals surface area contributed by atoms with Crippen LogP contribution < -0.4 is 5.73 Å². The number of halogens is 1. The number of nitrogen functional groups attached to an aromatic ring is 1. The first-order valence-corrected chi connectivity index (χ1v) is 6.31. The molecule has 2 heterocycles. The molecule has 0 bridgehead atoms. The highest BCUT2D eigenvalue weighted by Gasteiger charge is 2.19. The predicted molar refractivity (Wildman–Crippen MR) is 66.5 cm³/mol. The highest BCUT2D eigenvalue weighted by molar-refractivity contribution is 7.23. The van der Waals surface area contributed by atoms with Gasteiger partial charge in [-0.3, -0.25) is 0 Å². The number of thiophene rings is 1. The van der Waals surface area contributed by atoms with Crippen molar-refractivity contribution in [3.8, 4) is 9.88 Å². The minimum Gasteiger partial charge on any atom is -0.476 e.